The Labute approximate surface area is 144 Å². The Kier molecular flexibility index (Phi) is 5.73. The fourth-order valence-electron chi connectivity index (χ4n) is 1.80. The molecular formula is C17H15ClN2O2S. The number of nitrogens with one attached hydrogen (secondary N) is 2. The number of halogens is 1. The van der Waals surface area contributed by atoms with E-state index in [4.69, 9.17) is 23.8 Å². The van der Waals surface area contributed by atoms with Crippen LogP contribution in [0.15, 0.2) is 48.5 Å². The van der Waals surface area contributed by atoms with Crippen LogP contribution >= 0.6 is 23.8 Å². The van der Waals surface area contributed by atoms with E-state index in [0.29, 0.717) is 10.7 Å². The van der Waals surface area contributed by atoms with Gasteiger partial charge in [-0.15, -0.1) is 0 Å². The molecule has 1 amide bonds. The quantitative estimate of drug-likeness (QED) is 0.448. The molecule has 0 aromatic heterocycles. The maximum absolute atomic E-state index is 11.8. The summed E-state index contributed by atoms with van der Waals surface area (Å²) >= 11 is 10.8. The monoisotopic (exact) mass is 346 g/mol. The standard InChI is InChI=1S/C17H15ClN2O2S/c1-11-2-8-14(15(21)10-11)19-17(23)20-16(22)9-5-12-3-6-13(18)7-4-12/h2-10,21H,1H3,(H2,19,20,22,23). The summed E-state index contributed by atoms with van der Waals surface area (Å²) in [6.07, 6.45) is 3.02. The molecule has 0 radical (unpaired) electrons. The number of hydrogen-bond donors (Lipinski definition) is 3. The van der Waals surface area contributed by atoms with Crippen LogP contribution < -0.4 is 10.6 Å². The zero-order chi connectivity index (χ0) is 16.8. The zero-order valence-corrected chi connectivity index (χ0v) is 13.9. The highest BCUT2D eigenvalue weighted by molar-refractivity contribution is 7.80. The number of aryl methyl sites for hydroxylation is 1. The minimum absolute atomic E-state index is 0.0679. The average Bonchev–Trinajstić information content (AvgIpc) is 2.49. The van der Waals surface area contributed by atoms with E-state index >= 15 is 0 Å². The van der Waals surface area contributed by atoms with E-state index < -0.39 is 0 Å². The predicted octanol–water partition coefficient (Wildman–Crippen LogP) is 3.88. The predicted molar refractivity (Wildman–Crippen MR) is 97.7 cm³/mol. The molecule has 0 fully saturated rings. The lowest BCUT2D eigenvalue weighted by Gasteiger charge is -2.10. The number of hydrogen-bond acceptors (Lipinski definition) is 3. The molecule has 0 saturated carbocycles. The Morgan fingerprint density at radius 2 is 1.91 bits per heavy atom. The van der Waals surface area contributed by atoms with Crippen LogP contribution in [-0.2, 0) is 4.79 Å². The van der Waals surface area contributed by atoms with Gasteiger partial charge in [-0.1, -0.05) is 29.8 Å². The number of anilines is 1. The highest BCUT2D eigenvalue weighted by atomic mass is 35.5. The first-order valence-electron chi connectivity index (χ1n) is 6.79. The highest BCUT2D eigenvalue weighted by Crippen LogP contribution is 2.23. The van der Waals surface area contributed by atoms with Gasteiger partial charge in [0.25, 0.3) is 0 Å². The van der Waals surface area contributed by atoms with E-state index in [1.54, 1.807) is 42.5 Å². The summed E-state index contributed by atoms with van der Waals surface area (Å²) in [5.41, 5.74) is 2.20. The van der Waals surface area contributed by atoms with E-state index in [1.165, 1.54) is 6.08 Å². The molecule has 0 spiro atoms. The van der Waals surface area contributed by atoms with Crippen molar-refractivity contribution in [3.05, 3.63) is 64.7 Å². The Morgan fingerprint density at radius 3 is 2.57 bits per heavy atom. The minimum Gasteiger partial charge on any atom is -0.506 e. The first-order chi connectivity index (χ1) is 10.9. The fraction of sp³-hybridized carbons (Fsp3) is 0.0588. The molecule has 23 heavy (non-hydrogen) atoms. The maximum atomic E-state index is 11.8. The smallest absolute Gasteiger partial charge is 0.250 e. The third kappa shape index (κ3) is 5.39. The first kappa shape index (κ1) is 17.0. The van der Waals surface area contributed by atoms with Crippen molar-refractivity contribution in [3.63, 3.8) is 0 Å². The van der Waals surface area contributed by atoms with Crippen LogP contribution in [0.4, 0.5) is 5.69 Å². The largest absolute Gasteiger partial charge is 0.506 e. The molecule has 2 rings (SSSR count). The number of aromatic hydroxyl groups is 1. The van der Waals surface area contributed by atoms with Gasteiger partial charge in [0.15, 0.2) is 5.11 Å². The molecule has 0 saturated heterocycles. The summed E-state index contributed by atoms with van der Waals surface area (Å²) in [4.78, 5) is 11.8. The Bertz CT molecular complexity index is 758. The number of thiocarbonyl (C=S) groups is 1. The van der Waals surface area contributed by atoms with E-state index in [1.807, 2.05) is 13.0 Å². The van der Waals surface area contributed by atoms with E-state index in [9.17, 15) is 9.90 Å². The van der Waals surface area contributed by atoms with Crippen LogP contribution in [-0.4, -0.2) is 16.1 Å². The maximum Gasteiger partial charge on any atom is 0.250 e. The Balaban J connectivity index is 1.91. The van der Waals surface area contributed by atoms with Gasteiger partial charge in [-0.05, 0) is 60.6 Å². The second-order valence-electron chi connectivity index (χ2n) is 4.85. The van der Waals surface area contributed by atoms with E-state index in [2.05, 4.69) is 10.6 Å². The molecule has 0 atom stereocenters. The number of carbonyl (C=O) groups is 1. The SMILES string of the molecule is Cc1ccc(NC(=S)NC(=O)C=Cc2ccc(Cl)cc2)c(O)c1. The molecule has 0 unspecified atom stereocenters. The average molecular weight is 347 g/mol. The molecule has 4 nitrogen and oxygen atoms in total. The number of carbonyl (C=O) groups excluding carboxylic acids is 1. The number of amides is 1. The van der Waals surface area contributed by atoms with Crippen LogP contribution in [0, 0.1) is 6.92 Å². The van der Waals surface area contributed by atoms with Gasteiger partial charge in [0, 0.05) is 11.1 Å². The van der Waals surface area contributed by atoms with E-state index in [-0.39, 0.29) is 16.8 Å². The molecule has 6 heteroatoms. The van der Waals surface area contributed by atoms with Gasteiger partial charge in [-0.2, -0.15) is 0 Å². The van der Waals surface area contributed by atoms with Crippen molar-refractivity contribution < 1.29 is 9.90 Å². The van der Waals surface area contributed by atoms with Crippen molar-refractivity contribution in [1.82, 2.24) is 5.32 Å². The number of phenols is 1. The fourth-order valence-corrected chi connectivity index (χ4v) is 2.14. The topological polar surface area (TPSA) is 61.4 Å². The molecule has 0 aliphatic rings. The van der Waals surface area contributed by atoms with Crippen molar-refractivity contribution in [2.24, 2.45) is 0 Å². The van der Waals surface area contributed by atoms with Crippen molar-refractivity contribution in [1.29, 1.82) is 0 Å². The highest BCUT2D eigenvalue weighted by Gasteiger charge is 2.05. The van der Waals surface area contributed by atoms with Crippen molar-refractivity contribution in [3.8, 4) is 5.75 Å². The van der Waals surface area contributed by atoms with Gasteiger partial charge in [0.2, 0.25) is 5.91 Å². The van der Waals surface area contributed by atoms with Gasteiger partial charge in [0.05, 0.1) is 5.69 Å². The minimum atomic E-state index is -0.371. The molecule has 118 valence electrons. The lowest BCUT2D eigenvalue weighted by molar-refractivity contribution is -0.115. The summed E-state index contributed by atoms with van der Waals surface area (Å²) in [6, 6.07) is 12.2. The van der Waals surface area contributed by atoms with Crippen LogP contribution in [0.3, 0.4) is 0 Å². The van der Waals surface area contributed by atoms with Gasteiger partial charge in [-0.3, -0.25) is 10.1 Å². The van der Waals surface area contributed by atoms with Gasteiger partial charge < -0.3 is 10.4 Å². The molecule has 2 aromatic carbocycles. The number of phenolic OH excluding ortho intramolecular Hbond substituents is 1. The Hall–Kier alpha value is -2.37. The second kappa shape index (κ2) is 7.76. The summed E-state index contributed by atoms with van der Waals surface area (Å²) < 4.78 is 0. The normalized spacial score (nSPS) is 10.5. The van der Waals surface area contributed by atoms with Crippen LogP contribution in [0.5, 0.6) is 5.75 Å². The molecule has 0 aliphatic heterocycles. The molecule has 2 aromatic rings. The van der Waals surface area contributed by atoms with Gasteiger partial charge in [0.1, 0.15) is 5.75 Å². The van der Waals surface area contributed by atoms with Crippen LogP contribution in [0.1, 0.15) is 11.1 Å². The third-order valence-corrected chi connectivity index (χ3v) is 3.39. The summed E-state index contributed by atoms with van der Waals surface area (Å²) in [5, 5.41) is 15.8. The lowest BCUT2D eigenvalue weighted by atomic mass is 10.2. The molecule has 0 heterocycles. The van der Waals surface area contributed by atoms with Crippen molar-refractivity contribution in [2.45, 2.75) is 6.92 Å². The van der Waals surface area contributed by atoms with Gasteiger partial charge in [-0.25, -0.2) is 0 Å². The molecular weight excluding hydrogens is 332 g/mol. The first-order valence-corrected chi connectivity index (χ1v) is 7.58. The second-order valence-corrected chi connectivity index (χ2v) is 5.69. The summed E-state index contributed by atoms with van der Waals surface area (Å²) in [7, 11) is 0. The summed E-state index contributed by atoms with van der Waals surface area (Å²) in [5.74, 6) is -0.303. The van der Waals surface area contributed by atoms with Crippen molar-refractivity contribution >= 4 is 46.6 Å². The van der Waals surface area contributed by atoms with Crippen molar-refractivity contribution in [2.75, 3.05) is 5.32 Å². The summed E-state index contributed by atoms with van der Waals surface area (Å²) in [6.45, 7) is 1.87. The third-order valence-electron chi connectivity index (χ3n) is 2.94. The molecule has 0 aliphatic carbocycles. The molecule has 0 bridgehead atoms. The molecule has 3 N–H and O–H groups in total. The van der Waals surface area contributed by atoms with Gasteiger partial charge >= 0.3 is 0 Å². The van der Waals surface area contributed by atoms with E-state index in [0.717, 1.165) is 11.1 Å². The van der Waals surface area contributed by atoms with Crippen LogP contribution in [0.2, 0.25) is 5.02 Å². The number of rotatable bonds is 3. The van der Waals surface area contributed by atoms with Crippen LogP contribution in [0.25, 0.3) is 6.08 Å². The lowest BCUT2D eigenvalue weighted by Crippen LogP contribution is -2.32. The number of benzene rings is 2. The zero-order valence-electron chi connectivity index (χ0n) is 12.3. The Morgan fingerprint density at radius 1 is 1.22 bits per heavy atom.